The van der Waals surface area contributed by atoms with Crippen molar-refractivity contribution in [2.45, 2.75) is 20.4 Å². The van der Waals surface area contributed by atoms with E-state index >= 15 is 0 Å². The number of aryl methyl sites for hydroxylation is 1. The zero-order chi connectivity index (χ0) is 18.0. The van der Waals surface area contributed by atoms with Gasteiger partial charge in [-0.2, -0.15) is 0 Å². The predicted octanol–water partition coefficient (Wildman–Crippen LogP) is 2.08. The van der Waals surface area contributed by atoms with Crippen molar-refractivity contribution < 1.29 is 9.53 Å². The number of hydrogen-bond acceptors (Lipinski definition) is 4. The number of pyridine rings is 1. The fraction of sp³-hybridized carbons (Fsp3) is 0.500. The summed E-state index contributed by atoms with van der Waals surface area (Å²) >= 11 is 0. The summed E-state index contributed by atoms with van der Waals surface area (Å²) in [7, 11) is 3.20. The molecule has 1 aliphatic heterocycles. The number of guanidine groups is 1. The molecule has 0 spiro atoms. The van der Waals surface area contributed by atoms with Crippen LogP contribution in [0.3, 0.4) is 0 Å². The number of ether oxygens (including phenoxy) is 1. The molecule has 1 aliphatic rings. The molecule has 0 aromatic carbocycles. The maximum Gasteiger partial charge on any atom is 0.310 e. The third kappa shape index (κ3) is 4.11. The molecule has 1 saturated heterocycles. The van der Waals surface area contributed by atoms with E-state index < -0.39 is 0 Å². The van der Waals surface area contributed by atoms with Gasteiger partial charge in [-0.1, -0.05) is 13.0 Å². The summed E-state index contributed by atoms with van der Waals surface area (Å²) in [5, 5.41) is 3.35. The number of fused-ring (bicyclic) bond motifs is 1. The van der Waals surface area contributed by atoms with Gasteiger partial charge in [-0.25, -0.2) is 4.98 Å². The summed E-state index contributed by atoms with van der Waals surface area (Å²) < 4.78 is 6.98. The largest absolute Gasteiger partial charge is 0.469 e. The predicted molar refractivity (Wildman–Crippen MR) is 112 cm³/mol. The highest BCUT2D eigenvalue weighted by Crippen LogP contribution is 2.24. The van der Waals surface area contributed by atoms with E-state index in [0.29, 0.717) is 13.1 Å². The fourth-order valence-electron chi connectivity index (χ4n) is 3.38. The lowest BCUT2D eigenvalue weighted by atomic mass is 9.99. The van der Waals surface area contributed by atoms with Crippen molar-refractivity contribution in [3.8, 4) is 0 Å². The molecule has 2 aromatic rings. The van der Waals surface area contributed by atoms with Gasteiger partial charge in [0.25, 0.3) is 0 Å². The standard InChI is InChI=1S/C18H25N5O2.HI/c1-12-9-22(11-15(12)17(24)25-4)18(19-3)20-8-14-10-23-13(2)6-5-7-16(23)21-14;/h5-7,10,12,15H,8-9,11H2,1-4H3,(H,19,20);1H. The number of hydrogen-bond donors (Lipinski definition) is 1. The minimum atomic E-state index is -0.152. The van der Waals surface area contributed by atoms with Crippen molar-refractivity contribution in [1.29, 1.82) is 0 Å². The third-order valence-electron chi connectivity index (χ3n) is 4.80. The third-order valence-corrected chi connectivity index (χ3v) is 4.80. The van der Waals surface area contributed by atoms with Crippen molar-refractivity contribution >= 4 is 41.6 Å². The van der Waals surface area contributed by atoms with Crippen LogP contribution in [0.2, 0.25) is 0 Å². The minimum absolute atomic E-state index is 0. The maximum absolute atomic E-state index is 11.9. The second-order valence-electron chi connectivity index (χ2n) is 6.54. The smallest absolute Gasteiger partial charge is 0.310 e. The molecule has 0 aliphatic carbocycles. The zero-order valence-corrected chi connectivity index (χ0v) is 17.9. The first-order chi connectivity index (χ1) is 12.0. The van der Waals surface area contributed by atoms with E-state index in [1.54, 1.807) is 7.05 Å². The number of nitrogens with zero attached hydrogens (tertiary/aromatic N) is 4. The number of aliphatic imine (C=N–C) groups is 1. The molecule has 0 radical (unpaired) electrons. The Hall–Kier alpha value is -1.84. The van der Waals surface area contributed by atoms with Crippen LogP contribution in [0, 0.1) is 18.8 Å². The van der Waals surface area contributed by atoms with Crippen LogP contribution in [0.5, 0.6) is 0 Å². The Labute approximate surface area is 170 Å². The molecule has 7 nitrogen and oxygen atoms in total. The summed E-state index contributed by atoms with van der Waals surface area (Å²) in [5.41, 5.74) is 3.04. The topological polar surface area (TPSA) is 71.2 Å². The Balaban J connectivity index is 0.00000243. The quantitative estimate of drug-likeness (QED) is 0.321. The first kappa shape index (κ1) is 20.5. The average Bonchev–Trinajstić information content (AvgIpc) is 3.19. The number of methoxy groups -OCH3 is 1. The summed E-state index contributed by atoms with van der Waals surface area (Å²) in [4.78, 5) is 23.0. The molecule has 3 heterocycles. The normalized spacial score (nSPS) is 20.2. The average molecular weight is 471 g/mol. The molecule has 8 heteroatoms. The Kier molecular flexibility index (Phi) is 6.85. The van der Waals surface area contributed by atoms with E-state index in [1.807, 2.05) is 18.3 Å². The van der Waals surface area contributed by atoms with Crippen LogP contribution < -0.4 is 5.32 Å². The van der Waals surface area contributed by atoms with Gasteiger partial charge in [0, 0.05) is 32.0 Å². The van der Waals surface area contributed by atoms with E-state index in [9.17, 15) is 4.79 Å². The number of carbonyl (C=O) groups excluding carboxylic acids is 1. The summed E-state index contributed by atoms with van der Waals surface area (Å²) in [6.45, 7) is 6.12. The first-order valence-corrected chi connectivity index (χ1v) is 8.50. The SMILES string of the molecule is CN=C(NCc1cn2c(C)cccc2n1)N1CC(C)C(C(=O)OC)C1.I. The van der Waals surface area contributed by atoms with Gasteiger partial charge in [0.2, 0.25) is 0 Å². The highest BCUT2D eigenvalue weighted by Gasteiger charge is 2.36. The van der Waals surface area contributed by atoms with Crippen molar-refractivity contribution in [1.82, 2.24) is 19.6 Å². The van der Waals surface area contributed by atoms with Crippen molar-refractivity contribution in [3.05, 3.63) is 35.8 Å². The monoisotopic (exact) mass is 471 g/mol. The molecule has 0 bridgehead atoms. The van der Waals surface area contributed by atoms with E-state index in [1.165, 1.54) is 7.11 Å². The maximum atomic E-state index is 11.9. The number of imidazole rings is 1. The molecule has 26 heavy (non-hydrogen) atoms. The molecular weight excluding hydrogens is 445 g/mol. The van der Waals surface area contributed by atoms with Crippen molar-refractivity contribution in [2.24, 2.45) is 16.8 Å². The lowest BCUT2D eigenvalue weighted by molar-refractivity contribution is -0.145. The minimum Gasteiger partial charge on any atom is -0.469 e. The van der Waals surface area contributed by atoms with Crippen LogP contribution in [0.1, 0.15) is 18.3 Å². The number of esters is 1. The Morgan fingerprint density at radius 3 is 2.85 bits per heavy atom. The molecule has 0 amide bonds. The summed E-state index contributed by atoms with van der Waals surface area (Å²) in [6.07, 6.45) is 2.04. The molecular formula is C18H26IN5O2. The van der Waals surface area contributed by atoms with Crippen LogP contribution in [-0.2, 0) is 16.1 Å². The number of carbonyl (C=O) groups is 1. The van der Waals surface area contributed by atoms with Crippen LogP contribution in [-0.4, -0.2) is 53.5 Å². The van der Waals surface area contributed by atoms with E-state index in [4.69, 9.17) is 4.74 Å². The van der Waals surface area contributed by atoms with Gasteiger partial charge < -0.3 is 19.4 Å². The van der Waals surface area contributed by atoms with Crippen LogP contribution in [0.25, 0.3) is 5.65 Å². The molecule has 3 rings (SSSR count). The van der Waals surface area contributed by atoms with Crippen LogP contribution in [0.15, 0.2) is 29.4 Å². The highest BCUT2D eigenvalue weighted by molar-refractivity contribution is 14.0. The Bertz CT molecular complexity index is 804. The molecule has 142 valence electrons. The molecule has 2 aromatic heterocycles. The van der Waals surface area contributed by atoms with Gasteiger partial charge in [-0.3, -0.25) is 9.79 Å². The van der Waals surface area contributed by atoms with Gasteiger partial charge in [0.15, 0.2) is 5.96 Å². The van der Waals surface area contributed by atoms with E-state index in [-0.39, 0.29) is 41.8 Å². The molecule has 0 saturated carbocycles. The molecule has 1 N–H and O–H groups in total. The number of rotatable bonds is 3. The number of likely N-dealkylation sites (tertiary alicyclic amines) is 1. The van der Waals surface area contributed by atoms with Gasteiger partial charge >= 0.3 is 5.97 Å². The number of aromatic nitrogens is 2. The van der Waals surface area contributed by atoms with Crippen molar-refractivity contribution in [2.75, 3.05) is 27.2 Å². The lowest BCUT2D eigenvalue weighted by Gasteiger charge is -2.21. The van der Waals surface area contributed by atoms with Crippen LogP contribution >= 0.6 is 24.0 Å². The number of halogens is 1. The first-order valence-electron chi connectivity index (χ1n) is 8.50. The van der Waals surface area contributed by atoms with E-state index in [0.717, 1.165) is 29.5 Å². The fourth-order valence-corrected chi connectivity index (χ4v) is 3.38. The summed E-state index contributed by atoms with van der Waals surface area (Å²) in [6, 6.07) is 6.06. The lowest BCUT2D eigenvalue weighted by Crippen LogP contribution is -2.40. The second kappa shape index (κ2) is 8.70. The van der Waals surface area contributed by atoms with Gasteiger partial charge in [-0.15, -0.1) is 24.0 Å². The summed E-state index contributed by atoms with van der Waals surface area (Å²) in [5.74, 6) is 0.763. The second-order valence-corrected chi connectivity index (χ2v) is 6.54. The van der Waals surface area contributed by atoms with Gasteiger partial charge in [0.05, 0.1) is 25.3 Å². The Morgan fingerprint density at radius 2 is 2.19 bits per heavy atom. The highest BCUT2D eigenvalue weighted by atomic mass is 127. The Morgan fingerprint density at radius 1 is 1.42 bits per heavy atom. The molecule has 1 fully saturated rings. The van der Waals surface area contributed by atoms with Gasteiger partial charge in [0.1, 0.15) is 5.65 Å². The number of nitrogens with one attached hydrogen (secondary N) is 1. The zero-order valence-electron chi connectivity index (χ0n) is 15.6. The van der Waals surface area contributed by atoms with Gasteiger partial charge in [-0.05, 0) is 25.0 Å². The van der Waals surface area contributed by atoms with Crippen molar-refractivity contribution in [3.63, 3.8) is 0 Å². The molecule has 2 atom stereocenters. The molecule has 2 unspecified atom stereocenters. The van der Waals surface area contributed by atoms with E-state index in [2.05, 4.69) is 44.5 Å². The van der Waals surface area contributed by atoms with Crippen LogP contribution in [0.4, 0.5) is 0 Å².